The summed E-state index contributed by atoms with van der Waals surface area (Å²) in [5.74, 6) is 0.607. The highest BCUT2D eigenvalue weighted by Crippen LogP contribution is 2.31. The zero-order chi connectivity index (χ0) is 13.1. The van der Waals surface area contributed by atoms with Gasteiger partial charge in [0.2, 0.25) is 11.8 Å². The van der Waals surface area contributed by atoms with Crippen LogP contribution in [0.2, 0.25) is 0 Å². The Kier molecular flexibility index (Phi) is 3.56. The minimum atomic E-state index is -0.498. The Bertz CT molecular complexity index is 453. The fraction of sp³-hybridized carbons (Fsp3) is 0.600. The van der Waals surface area contributed by atoms with Gasteiger partial charge in [0.1, 0.15) is 6.20 Å². The topological polar surface area (TPSA) is 104 Å². The van der Waals surface area contributed by atoms with E-state index in [0.717, 1.165) is 12.8 Å². The van der Waals surface area contributed by atoms with E-state index >= 15 is 0 Å². The molecule has 0 radical (unpaired) electrons. The number of nitro groups is 1. The lowest BCUT2D eigenvalue weighted by atomic mass is 10.2. The third kappa shape index (κ3) is 2.19. The number of aromatic nitrogens is 2. The molecule has 1 aliphatic heterocycles. The second-order valence-electron chi connectivity index (χ2n) is 4.08. The predicted octanol–water partition coefficient (Wildman–Crippen LogP) is 0.388. The van der Waals surface area contributed by atoms with Gasteiger partial charge in [-0.25, -0.2) is 4.98 Å². The normalized spacial score (nSPS) is 19.0. The lowest BCUT2D eigenvalue weighted by Crippen LogP contribution is -2.33. The van der Waals surface area contributed by atoms with Crippen molar-refractivity contribution < 1.29 is 10.0 Å². The molecule has 18 heavy (non-hydrogen) atoms. The number of anilines is 2. The average molecular weight is 253 g/mol. The van der Waals surface area contributed by atoms with Crippen molar-refractivity contribution in [3.8, 4) is 0 Å². The molecule has 1 atom stereocenters. The summed E-state index contributed by atoms with van der Waals surface area (Å²) in [5.41, 5.74) is -0.130. The van der Waals surface area contributed by atoms with Crippen LogP contribution in [0.4, 0.5) is 17.5 Å². The van der Waals surface area contributed by atoms with Crippen LogP contribution in [0, 0.1) is 10.1 Å². The fourth-order valence-electron chi connectivity index (χ4n) is 2.13. The highest BCUT2D eigenvalue weighted by molar-refractivity contribution is 5.60. The van der Waals surface area contributed by atoms with Gasteiger partial charge in [-0.15, -0.1) is 0 Å². The lowest BCUT2D eigenvalue weighted by Gasteiger charge is -2.23. The van der Waals surface area contributed by atoms with Crippen molar-refractivity contribution in [3.63, 3.8) is 0 Å². The van der Waals surface area contributed by atoms with Gasteiger partial charge in [0.25, 0.3) is 0 Å². The van der Waals surface area contributed by atoms with E-state index in [1.807, 2.05) is 0 Å². The van der Waals surface area contributed by atoms with Crippen molar-refractivity contribution in [3.05, 3.63) is 16.3 Å². The zero-order valence-corrected chi connectivity index (χ0v) is 10.0. The van der Waals surface area contributed by atoms with E-state index in [-0.39, 0.29) is 24.2 Å². The monoisotopic (exact) mass is 253 g/mol. The molecular weight excluding hydrogens is 238 g/mol. The van der Waals surface area contributed by atoms with Gasteiger partial charge in [0.15, 0.2) is 0 Å². The van der Waals surface area contributed by atoms with Crippen LogP contribution in [0.1, 0.15) is 12.8 Å². The van der Waals surface area contributed by atoms with Crippen LogP contribution in [0.3, 0.4) is 0 Å². The molecule has 1 aliphatic rings. The van der Waals surface area contributed by atoms with Crippen molar-refractivity contribution in [2.24, 2.45) is 0 Å². The number of aliphatic hydroxyl groups is 1. The van der Waals surface area contributed by atoms with Crippen LogP contribution in [-0.4, -0.2) is 46.2 Å². The van der Waals surface area contributed by atoms with E-state index < -0.39 is 4.92 Å². The first-order chi connectivity index (χ1) is 8.67. The first kappa shape index (κ1) is 12.5. The molecule has 0 bridgehead atoms. The number of hydrogen-bond acceptors (Lipinski definition) is 7. The molecule has 0 aliphatic carbocycles. The van der Waals surface area contributed by atoms with Crippen LogP contribution in [0.15, 0.2) is 6.20 Å². The van der Waals surface area contributed by atoms with E-state index in [0.29, 0.717) is 12.5 Å². The maximum atomic E-state index is 11.0. The molecule has 8 nitrogen and oxygen atoms in total. The average Bonchev–Trinajstić information content (AvgIpc) is 2.85. The van der Waals surface area contributed by atoms with Crippen molar-refractivity contribution in [1.29, 1.82) is 0 Å². The molecule has 0 aromatic carbocycles. The molecule has 98 valence electrons. The van der Waals surface area contributed by atoms with Crippen molar-refractivity contribution >= 4 is 17.5 Å². The number of hydrogen-bond donors (Lipinski definition) is 2. The molecule has 1 unspecified atom stereocenters. The molecule has 8 heteroatoms. The van der Waals surface area contributed by atoms with Crippen LogP contribution < -0.4 is 10.2 Å². The van der Waals surface area contributed by atoms with Crippen LogP contribution >= 0.6 is 0 Å². The van der Waals surface area contributed by atoms with Crippen molar-refractivity contribution in [2.45, 2.75) is 18.9 Å². The van der Waals surface area contributed by atoms with Gasteiger partial charge in [-0.2, -0.15) is 4.98 Å². The third-order valence-corrected chi connectivity index (χ3v) is 3.03. The smallest absolute Gasteiger partial charge is 0.329 e. The van der Waals surface area contributed by atoms with E-state index in [9.17, 15) is 15.2 Å². The number of nitrogens with zero attached hydrogens (tertiary/aromatic N) is 4. The number of rotatable bonds is 4. The second kappa shape index (κ2) is 5.13. The number of aliphatic hydroxyl groups excluding tert-OH is 1. The molecule has 2 heterocycles. The van der Waals surface area contributed by atoms with Gasteiger partial charge in [0, 0.05) is 13.6 Å². The molecule has 0 amide bonds. The molecule has 2 N–H and O–H groups in total. The third-order valence-electron chi connectivity index (χ3n) is 3.03. The Morgan fingerprint density at radius 2 is 2.50 bits per heavy atom. The van der Waals surface area contributed by atoms with Crippen LogP contribution in [0.25, 0.3) is 0 Å². The van der Waals surface area contributed by atoms with E-state index in [4.69, 9.17) is 0 Å². The molecule has 2 rings (SSSR count). The Labute approximate surface area is 104 Å². The van der Waals surface area contributed by atoms with Gasteiger partial charge in [-0.1, -0.05) is 0 Å². The standard InChI is InChI=1S/C10H15N5O3/c1-11-10-12-5-8(15(17)18)9(13-10)14-4-2-3-7(14)6-16/h5,7,16H,2-4,6H2,1H3,(H,11,12,13). The van der Waals surface area contributed by atoms with Gasteiger partial charge >= 0.3 is 5.69 Å². The predicted molar refractivity (Wildman–Crippen MR) is 65.7 cm³/mol. The Morgan fingerprint density at radius 3 is 3.11 bits per heavy atom. The summed E-state index contributed by atoms with van der Waals surface area (Å²) in [6, 6.07) is -0.108. The largest absolute Gasteiger partial charge is 0.394 e. The fourth-order valence-corrected chi connectivity index (χ4v) is 2.13. The Hall–Kier alpha value is -1.96. The lowest BCUT2D eigenvalue weighted by molar-refractivity contribution is -0.384. The van der Waals surface area contributed by atoms with Gasteiger partial charge in [-0.05, 0) is 12.8 Å². The quantitative estimate of drug-likeness (QED) is 0.590. The summed E-state index contributed by atoms with van der Waals surface area (Å²) in [4.78, 5) is 20.3. The van der Waals surface area contributed by atoms with Crippen LogP contribution in [-0.2, 0) is 0 Å². The molecule has 1 aromatic heterocycles. The SMILES string of the molecule is CNc1ncc([N+](=O)[O-])c(N2CCCC2CO)n1. The van der Waals surface area contributed by atoms with E-state index in [1.54, 1.807) is 11.9 Å². The van der Waals surface area contributed by atoms with E-state index in [2.05, 4.69) is 15.3 Å². The Balaban J connectivity index is 2.42. The minimum absolute atomic E-state index is 0.0317. The second-order valence-corrected chi connectivity index (χ2v) is 4.08. The molecule has 0 saturated carbocycles. The zero-order valence-electron chi connectivity index (χ0n) is 10.0. The van der Waals surface area contributed by atoms with Gasteiger partial charge in [-0.3, -0.25) is 10.1 Å². The van der Waals surface area contributed by atoms with Crippen molar-refractivity contribution in [2.75, 3.05) is 30.4 Å². The highest BCUT2D eigenvalue weighted by Gasteiger charge is 2.31. The molecule has 1 aromatic rings. The summed E-state index contributed by atoms with van der Waals surface area (Å²) in [6.07, 6.45) is 2.90. The first-order valence-electron chi connectivity index (χ1n) is 5.74. The molecule has 1 saturated heterocycles. The minimum Gasteiger partial charge on any atom is -0.394 e. The highest BCUT2D eigenvalue weighted by atomic mass is 16.6. The summed E-state index contributed by atoms with van der Waals surface area (Å²) in [6.45, 7) is 0.627. The van der Waals surface area contributed by atoms with Gasteiger partial charge in [0.05, 0.1) is 17.6 Å². The summed E-state index contributed by atoms with van der Waals surface area (Å²) < 4.78 is 0. The Morgan fingerprint density at radius 1 is 1.72 bits per heavy atom. The van der Waals surface area contributed by atoms with Gasteiger partial charge < -0.3 is 15.3 Å². The molecule has 1 fully saturated rings. The maximum absolute atomic E-state index is 11.0. The summed E-state index contributed by atoms with van der Waals surface area (Å²) >= 11 is 0. The molecule has 0 spiro atoms. The van der Waals surface area contributed by atoms with E-state index in [1.165, 1.54) is 6.20 Å². The first-order valence-corrected chi connectivity index (χ1v) is 5.74. The van der Waals surface area contributed by atoms with Crippen LogP contribution in [0.5, 0.6) is 0 Å². The summed E-state index contributed by atoms with van der Waals surface area (Å²) in [7, 11) is 1.65. The number of nitrogens with one attached hydrogen (secondary N) is 1. The van der Waals surface area contributed by atoms with Crippen molar-refractivity contribution in [1.82, 2.24) is 9.97 Å². The maximum Gasteiger partial charge on any atom is 0.329 e. The molecular formula is C10H15N5O3. The summed E-state index contributed by atoms with van der Waals surface area (Å²) in [5, 5.41) is 23.0.